The van der Waals surface area contributed by atoms with Crippen molar-refractivity contribution >= 4 is 11.8 Å². The van der Waals surface area contributed by atoms with Gasteiger partial charge < -0.3 is 9.47 Å². The fourth-order valence-electron chi connectivity index (χ4n) is 0.399. The second kappa shape index (κ2) is 4.51. The number of ether oxygens (including phenoxy) is 2. The Morgan fingerprint density at radius 2 is 1.91 bits per heavy atom. The monoisotopic (exact) mass is 161 g/mol. The number of carbonyl (C=O) groups excluding carboxylic acids is 2. The van der Waals surface area contributed by atoms with Gasteiger partial charge in [0, 0.05) is 7.11 Å². The highest BCUT2D eigenvalue weighted by atomic mass is 16.5. The molecule has 0 amide bonds. The SMILES string of the molecule is COC(=O)C(=O)C(N=O)OC. The van der Waals surface area contributed by atoms with Gasteiger partial charge in [-0.05, 0) is 5.18 Å². The average Bonchev–Trinajstić information content (AvgIpc) is 2.05. The lowest BCUT2D eigenvalue weighted by atomic mass is 10.4. The minimum Gasteiger partial charge on any atom is -0.463 e. The Kier molecular flexibility index (Phi) is 3.97. The van der Waals surface area contributed by atoms with Crippen LogP contribution in [0.15, 0.2) is 5.18 Å². The number of hydrogen-bond acceptors (Lipinski definition) is 6. The first-order valence-electron chi connectivity index (χ1n) is 2.64. The van der Waals surface area contributed by atoms with E-state index >= 15 is 0 Å². The van der Waals surface area contributed by atoms with Gasteiger partial charge in [0.2, 0.25) is 0 Å². The molecule has 0 aliphatic heterocycles. The first-order valence-corrected chi connectivity index (χ1v) is 2.64. The molecule has 0 aromatic heterocycles. The average molecular weight is 161 g/mol. The van der Waals surface area contributed by atoms with Gasteiger partial charge >= 0.3 is 5.97 Å². The Labute approximate surface area is 62.4 Å². The van der Waals surface area contributed by atoms with Gasteiger partial charge in [-0.3, -0.25) is 4.79 Å². The van der Waals surface area contributed by atoms with Crippen molar-refractivity contribution in [1.82, 2.24) is 0 Å². The third-order valence-electron chi connectivity index (χ3n) is 0.930. The van der Waals surface area contributed by atoms with E-state index < -0.39 is 18.0 Å². The van der Waals surface area contributed by atoms with Crippen molar-refractivity contribution in [2.24, 2.45) is 5.18 Å². The molecule has 1 unspecified atom stereocenters. The van der Waals surface area contributed by atoms with E-state index in [1.807, 2.05) is 0 Å². The lowest BCUT2D eigenvalue weighted by molar-refractivity contribution is -0.156. The second-order valence-corrected chi connectivity index (χ2v) is 1.55. The van der Waals surface area contributed by atoms with E-state index in [0.717, 1.165) is 14.2 Å². The maximum Gasteiger partial charge on any atom is 0.379 e. The van der Waals surface area contributed by atoms with Crippen LogP contribution in [0, 0.1) is 4.91 Å². The summed E-state index contributed by atoms with van der Waals surface area (Å²) in [6.07, 6.45) is -1.59. The number of carbonyl (C=O) groups is 2. The molecular formula is C5H7NO5. The van der Waals surface area contributed by atoms with Gasteiger partial charge in [-0.25, -0.2) is 4.79 Å². The Morgan fingerprint density at radius 3 is 2.18 bits per heavy atom. The molecule has 0 heterocycles. The number of ketones is 1. The Balaban J connectivity index is 4.20. The molecule has 0 bridgehead atoms. The van der Waals surface area contributed by atoms with Gasteiger partial charge in [0.15, 0.2) is 0 Å². The summed E-state index contributed by atoms with van der Waals surface area (Å²) in [5.41, 5.74) is 0. The fraction of sp³-hybridized carbons (Fsp3) is 0.600. The number of rotatable bonds is 4. The predicted molar refractivity (Wildman–Crippen MR) is 33.6 cm³/mol. The molecular weight excluding hydrogens is 154 g/mol. The molecule has 0 aromatic carbocycles. The molecule has 62 valence electrons. The summed E-state index contributed by atoms with van der Waals surface area (Å²) in [7, 11) is 2.12. The lowest BCUT2D eigenvalue weighted by Gasteiger charge is -2.02. The van der Waals surface area contributed by atoms with Crippen LogP contribution in [0.25, 0.3) is 0 Å². The smallest absolute Gasteiger partial charge is 0.379 e. The Morgan fingerprint density at radius 1 is 1.36 bits per heavy atom. The summed E-state index contributed by atoms with van der Waals surface area (Å²) in [6, 6.07) is 0. The molecule has 0 radical (unpaired) electrons. The molecule has 0 aromatic rings. The second-order valence-electron chi connectivity index (χ2n) is 1.55. The molecule has 0 rings (SSSR count). The molecule has 0 spiro atoms. The van der Waals surface area contributed by atoms with E-state index in [1.165, 1.54) is 0 Å². The number of hydrogen-bond donors (Lipinski definition) is 0. The normalized spacial score (nSPS) is 11.8. The maximum absolute atomic E-state index is 10.6. The summed E-state index contributed by atoms with van der Waals surface area (Å²) in [5, 5.41) is 2.25. The van der Waals surface area contributed by atoms with Crippen LogP contribution in [-0.2, 0) is 19.1 Å². The predicted octanol–water partition coefficient (Wildman–Crippen LogP) is -0.533. The van der Waals surface area contributed by atoms with Crippen LogP contribution in [0.4, 0.5) is 0 Å². The van der Waals surface area contributed by atoms with E-state index in [2.05, 4.69) is 14.7 Å². The van der Waals surface area contributed by atoms with Gasteiger partial charge in [-0.15, -0.1) is 4.91 Å². The topological polar surface area (TPSA) is 82.0 Å². The third kappa shape index (κ3) is 2.42. The number of nitroso groups, excluding NO2 is 1. The third-order valence-corrected chi connectivity index (χ3v) is 0.930. The minimum absolute atomic E-state index is 1.03. The highest BCUT2D eigenvalue weighted by molar-refractivity contribution is 6.35. The molecule has 11 heavy (non-hydrogen) atoms. The van der Waals surface area contributed by atoms with Gasteiger partial charge in [-0.2, -0.15) is 0 Å². The van der Waals surface area contributed by atoms with Gasteiger partial charge in [-0.1, -0.05) is 0 Å². The molecule has 6 nitrogen and oxygen atoms in total. The highest BCUT2D eigenvalue weighted by Crippen LogP contribution is 1.94. The Hall–Kier alpha value is -1.30. The number of nitrogens with zero attached hydrogens (tertiary/aromatic N) is 1. The molecule has 0 saturated carbocycles. The summed E-state index contributed by atoms with van der Waals surface area (Å²) >= 11 is 0. The number of methoxy groups -OCH3 is 2. The van der Waals surface area contributed by atoms with Gasteiger partial charge in [0.1, 0.15) is 0 Å². The van der Waals surface area contributed by atoms with Crippen LogP contribution < -0.4 is 0 Å². The largest absolute Gasteiger partial charge is 0.463 e. The summed E-state index contributed by atoms with van der Waals surface area (Å²) in [5.74, 6) is -2.25. The zero-order valence-electron chi connectivity index (χ0n) is 6.07. The van der Waals surface area contributed by atoms with Crippen LogP contribution in [0.2, 0.25) is 0 Å². The molecule has 6 heteroatoms. The molecule has 0 aliphatic carbocycles. The number of esters is 1. The standard InChI is InChI=1S/C5H7NO5/c1-10-4(6-9)3(7)5(8)11-2/h4H,1-2H3. The van der Waals surface area contributed by atoms with Gasteiger partial charge in [0.05, 0.1) is 7.11 Å². The van der Waals surface area contributed by atoms with E-state index in [9.17, 15) is 14.5 Å². The summed E-state index contributed by atoms with van der Waals surface area (Å²) in [6.45, 7) is 0. The van der Waals surface area contributed by atoms with E-state index in [-0.39, 0.29) is 0 Å². The fourth-order valence-corrected chi connectivity index (χ4v) is 0.399. The van der Waals surface area contributed by atoms with Crippen molar-refractivity contribution in [2.45, 2.75) is 6.23 Å². The quantitative estimate of drug-likeness (QED) is 0.314. The first-order chi connectivity index (χ1) is 5.17. The molecule has 0 fully saturated rings. The van der Waals surface area contributed by atoms with E-state index in [4.69, 9.17) is 0 Å². The molecule has 0 N–H and O–H groups in total. The maximum atomic E-state index is 10.6. The van der Waals surface area contributed by atoms with Crippen LogP contribution in [0.3, 0.4) is 0 Å². The summed E-state index contributed by atoms with van der Waals surface area (Å²) < 4.78 is 8.28. The van der Waals surface area contributed by atoms with Crippen molar-refractivity contribution < 1.29 is 19.1 Å². The zero-order chi connectivity index (χ0) is 8.85. The van der Waals surface area contributed by atoms with E-state index in [1.54, 1.807) is 0 Å². The van der Waals surface area contributed by atoms with Crippen molar-refractivity contribution in [3.8, 4) is 0 Å². The zero-order valence-corrected chi connectivity index (χ0v) is 6.07. The lowest BCUT2D eigenvalue weighted by Crippen LogP contribution is -2.29. The number of Topliss-reactive ketones (excluding diaryl/α,β-unsaturated/α-hetero) is 1. The van der Waals surface area contributed by atoms with Crippen LogP contribution in [0.1, 0.15) is 0 Å². The first kappa shape index (κ1) is 9.70. The van der Waals surface area contributed by atoms with Crippen LogP contribution in [0.5, 0.6) is 0 Å². The van der Waals surface area contributed by atoms with E-state index in [0.29, 0.717) is 0 Å². The van der Waals surface area contributed by atoms with Crippen LogP contribution in [-0.4, -0.2) is 32.2 Å². The van der Waals surface area contributed by atoms with Crippen molar-refractivity contribution in [3.05, 3.63) is 4.91 Å². The molecule has 0 saturated heterocycles. The minimum atomic E-state index is -1.59. The Bertz CT molecular complexity index is 178. The molecule has 0 aliphatic rings. The molecule has 1 atom stereocenters. The highest BCUT2D eigenvalue weighted by Gasteiger charge is 2.26. The van der Waals surface area contributed by atoms with Gasteiger partial charge in [0.25, 0.3) is 12.0 Å². The van der Waals surface area contributed by atoms with Crippen molar-refractivity contribution in [1.29, 1.82) is 0 Å². The van der Waals surface area contributed by atoms with Crippen molar-refractivity contribution in [3.63, 3.8) is 0 Å². The van der Waals surface area contributed by atoms with Crippen LogP contribution >= 0.6 is 0 Å². The summed E-state index contributed by atoms with van der Waals surface area (Å²) in [4.78, 5) is 30.9. The van der Waals surface area contributed by atoms with Crippen molar-refractivity contribution in [2.75, 3.05) is 14.2 Å².